The lowest BCUT2D eigenvalue weighted by atomic mass is 9.70. The summed E-state index contributed by atoms with van der Waals surface area (Å²) in [7, 11) is 0. The van der Waals surface area contributed by atoms with Gasteiger partial charge in [0.15, 0.2) is 0 Å². The Morgan fingerprint density at radius 3 is 2.44 bits per heavy atom. The summed E-state index contributed by atoms with van der Waals surface area (Å²) in [4.78, 5) is 0. The molecule has 3 atom stereocenters. The van der Waals surface area contributed by atoms with Crippen LogP contribution in [0, 0.1) is 11.3 Å². The first-order chi connectivity index (χ1) is 8.48. The monoisotopic (exact) mass is 253 g/mol. The first-order valence-electron chi connectivity index (χ1n) is 8.24. The van der Waals surface area contributed by atoms with Crippen molar-refractivity contribution < 1.29 is 0 Å². The third-order valence-corrected chi connectivity index (χ3v) is 4.69. The average molecular weight is 253 g/mol. The second kappa shape index (κ2) is 7.53. The Balaban J connectivity index is 2.43. The largest absolute Gasteiger partial charge is 0.311 e. The molecule has 18 heavy (non-hydrogen) atoms. The molecule has 1 saturated carbocycles. The fraction of sp³-hybridized carbons (Fsp3) is 1.00. The molecule has 1 N–H and O–H groups in total. The molecule has 1 rings (SSSR count). The summed E-state index contributed by atoms with van der Waals surface area (Å²) >= 11 is 0. The number of hydrogen-bond acceptors (Lipinski definition) is 1. The second-order valence-electron chi connectivity index (χ2n) is 7.29. The molecule has 0 amide bonds. The SMILES string of the molecule is CCCCC(CCC)NC1CCC(C)(C)CC1C. The Bertz CT molecular complexity index is 222. The quantitative estimate of drug-likeness (QED) is 0.661. The molecule has 0 bridgehead atoms. The van der Waals surface area contributed by atoms with Gasteiger partial charge in [-0.25, -0.2) is 0 Å². The van der Waals surface area contributed by atoms with Crippen LogP contribution in [0.3, 0.4) is 0 Å². The minimum Gasteiger partial charge on any atom is -0.311 e. The summed E-state index contributed by atoms with van der Waals surface area (Å²) < 4.78 is 0. The third kappa shape index (κ3) is 5.30. The van der Waals surface area contributed by atoms with Crippen LogP contribution in [-0.2, 0) is 0 Å². The Hall–Kier alpha value is -0.0400. The maximum atomic E-state index is 3.98. The molecule has 0 spiro atoms. The van der Waals surface area contributed by atoms with Gasteiger partial charge in [-0.15, -0.1) is 0 Å². The zero-order valence-corrected chi connectivity index (χ0v) is 13.4. The lowest BCUT2D eigenvalue weighted by molar-refractivity contribution is 0.138. The van der Waals surface area contributed by atoms with Crippen molar-refractivity contribution in [2.75, 3.05) is 0 Å². The van der Waals surface area contributed by atoms with Gasteiger partial charge in [0.2, 0.25) is 0 Å². The summed E-state index contributed by atoms with van der Waals surface area (Å²) in [6.45, 7) is 11.9. The van der Waals surface area contributed by atoms with Gasteiger partial charge in [0.25, 0.3) is 0 Å². The van der Waals surface area contributed by atoms with Gasteiger partial charge in [0, 0.05) is 12.1 Å². The van der Waals surface area contributed by atoms with Gasteiger partial charge >= 0.3 is 0 Å². The van der Waals surface area contributed by atoms with Crippen molar-refractivity contribution in [3.8, 4) is 0 Å². The number of nitrogens with one attached hydrogen (secondary N) is 1. The molecule has 3 unspecified atom stereocenters. The zero-order valence-electron chi connectivity index (χ0n) is 13.4. The van der Waals surface area contributed by atoms with E-state index in [1.807, 2.05) is 0 Å². The van der Waals surface area contributed by atoms with Gasteiger partial charge < -0.3 is 5.32 Å². The molecule has 1 heteroatoms. The van der Waals surface area contributed by atoms with Crippen LogP contribution in [0.2, 0.25) is 0 Å². The predicted octanol–water partition coefficient (Wildman–Crippen LogP) is 5.15. The highest BCUT2D eigenvalue weighted by atomic mass is 15.0. The molecule has 0 aliphatic heterocycles. The topological polar surface area (TPSA) is 12.0 Å². The van der Waals surface area contributed by atoms with Gasteiger partial charge in [0.05, 0.1) is 0 Å². The summed E-state index contributed by atoms with van der Waals surface area (Å²) in [5.41, 5.74) is 0.571. The van der Waals surface area contributed by atoms with E-state index in [0.29, 0.717) is 5.41 Å². The Kier molecular flexibility index (Phi) is 6.70. The highest BCUT2D eigenvalue weighted by molar-refractivity contribution is 4.88. The van der Waals surface area contributed by atoms with Crippen LogP contribution >= 0.6 is 0 Å². The van der Waals surface area contributed by atoms with E-state index in [-0.39, 0.29) is 0 Å². The Morgan fingerprint density at radius 2 is 1.89 bits per heavy atom. The molecule has 0 aromatic rings. The molecule has 0 heterocycles. The van der Waals surface area contributed by atoms with Gasteiger partial charge in [0.1, 0.15) is 0 Å². The maximum absolute atomic E-state index is 3.98. The molecule has 1 nitrogen and oxygen atoms in total. The summed E-state index contributed by atoms with van der Waals surface area (Å²) in [5, 5.41) is 3.98. The second-order valence-corrected chi connectivity index (χ2v) is 7.29. The Morgan fingerprint density at radius 1 is 1.17 bits per heavy atom. The molecule has 1 fully saturated rings. The number of hydrogen-bond donors (Lipinski definition) is 1. The van der Waals surface area contributed by atoms with Crippen molar-refractivity contribution >= 4 is 0 Å². The van der Waals surface area contributed by atoms with E-state index >= 15 is 0 Å². The van der Waals surface area contributed by atoms with E-state index in [9.17, 15) is 0 Å². The molecule has 0 aromatic carbocycles. The minimum absolute atomic E-state index is 0.571. The zero-order chi connectivity index (χ0) is 13.6. The maximum Gasteiger partial charge on any atom is 0.00956 e. The first-order valence-corrected chi connectivity index (χ1v) is 8.24. The first kappa shape index (κ1) is 16.0. The normalized spacial score (nSPS) is 29.2. The van der Waals surface area contributed by atoms with Gasteiger partial charge in [-0.3, -0.25) is 0 Å². The van der Waals surface area contributed by atoms with Crippen LogP contribution in [-0.4, -0.2) is 12.1 Å². The molecule has 0 aromatic heterocycles. The molecule has 1 aliphatic carbocycles. The van der Waals surface area contributed by atoms with Crippen LogP contribution in [0.25, 0.3) is 0 Å². The third-order valence-electron chi connectivity index (χ3n) is 4.69. The number of rotatable bonds is 7. The highest BCUT2D eigenvalue weighted by Crippen LogP contribution is 2.38. The standard InChI is InChI=1S/C17H35N/c1-6-8-10-15(9-7-2)18-16-11-12-17(4,5)13-14(16)3/h14-16,18H,6-13H2,1-5H3. The summed E-state index contributed by atoms with van der Waals surface area (Å²) in [5.74, 6) is 0.842. The molecule has 108 valence electrons. The molecule has 0 saturated heterocycles. The lowest BCUT2D eigenvalue weighted by Crippen LogP contribution is -2.46. The van der Waals surface area contributed by atoms with Crippen molar-refractivity contribution in [2.24, 2.45) is 11.3 Å². The smallest absolute Gasteiger partial charge is 0.00956 e. The number of unbranched alkanes of at least 4 members (excludes halogenated alkanes) is 1. The van der Waals surface area contributed by atoms with Crippen molar-refractivity contribution in [3.63, 3.8) is 0 Å². The van der Waals surface area contributed by atoms with Gasteiger partial charge in [-0.1, -0.05) is 53.9 Å². The van der Waals surface area contributed by atoms with Crippen LogP contribution in [0.15, 0.2) is 0 Å². The predicted molar refractivity (Wildman–Crippen MR) is 81.9 cm³/mol. The van der Waals surface area contributed by atoms with Crippen molar-refractivity contribution in [3.05, 3.63) is 0 Å². The minimum atomic E-state index is 0.571. The van der Waals surface area contributed by atoms with Crippen molar-refractivity contribution in [2.45, 2.75) is 98.1 Å². The fourth-order valence-electron chi connectivity index (χ4n) is 3.61. The van der Waals surface area contributed by atoms with Gasteiger partial charge in [-0.05, 0) is 43.4 Å². The molecule has 1 aliphatic rings. The van der Waals surface area contributed by atoms with E-state index in [1.54, 1.807) is 0 Å². The van der Waals surface area contributed by atoms with E-state index in [2.05, 4.69) is 39.9 Å². The van der Waals surface area contributed by atoms with Crippen LogP contribution in [0.4, 0.5) is 0 Å². The highest BCUT2D eigenvalue weighted by Gasteiger charge is 2.32. The molecular weight excluding hydrogens is 218 g/mol. The van der Waals surface area contributed by atoms with Crippen LogP contribution in [0.5, 0.6) is 0 Å². The fourth-order valence-corrected chi connectivity index (χ4v) is 3.61. The van der Waals surface area contributed by atoms with Crippen LogP contribution in [0.1, 0.15) is 86.0 Å². The summed E-state index contributed by atoms with van der Waals surface area (Å²) in [6.07, 6.45) is 10.9. The van der Waals surface area contributed by atoms with E-state index in [4.69, 9.17) is 0 Å². The Labute approximate surface area is 115 Å². The van der Waals surface area contributed by atoms with Crippen LogP contribution < -0.4 is 5.32 Å². The summed E-state index contributed by atoms with van der Waals surface area (Å²) in [6, 6.07) is 1.54. The lowest BCUT2D eigenvalue weighted by Gasteiger charge is -2.41. The van der Waals surface area contributed by atoms with E-state index < -0.39 is 0 Å². The molecular formula is C17H35N. The molecule has 0 radical (unpaired) electrons. The van der Waals surface area contributed by atoms with E-state index in [1.165, 1.54) is 51.4 Å². The van der Waals surface area contributed by atoms with Gasteiger partial charge in [-0.2, -0.15) is 0 Å². The van der Waals surface area contributed by atoms with Crippen molar-refractivity contribution in [1.29, 1.82) is 0 Å². The average Bonchev–Trinajstić information content (AvgIpc) is 2.29. The van der Waals surface area contributed by atoms with E-state index in [0.717, 1.165) is 18.0 Å². The van der Waals surface area contributed by atoms with Crippen molar-refractivity contribution in [1.82, 2.24) is 5.32 Å².